The van der Waals surface area contributed by atoms with Crippen molar-refractivity contribution in [3.63, 3.8) is 0 Å². The quantitative estimate of drug-likeness (QED) is 0.721. The second-order valence-electron chi connectivity index (χ2n) is 5.68. The lowest BCUT2D eigenvalue weighted by atomic mass is 10.1. The standard InChI is InChI=1S/C17H18N4/c1-13-5-4-6-14(11-13)15-12-21-10-7-16(19-17(21)18-15)20-8-2-3-9-20/h4-7,10-12H,2-3,8-9H2,1H3. The summed E-state index contributed by atoms with van der Waals surface area (Å²) < 4.78 is 2.00. The molecular weight excluding hydrogens is 260 g/mol. The molecule has 0 unspecified atom stereocenters. The minimum atomic E-state index is 0.774. The number of hydrogen-bond donors (Lipinski definition) is 0. The van der Waals surface area contributed by atoms with Crippen LogP contribution in [0.2, 0.25) is 0 Å². The lowest BCUT2D eigenvalue weighted by molar-refractivity contribution is 0.928. The summed E-state index contributed by atoms with van der Waals surface area (Å²) in [6, 6.07) is 10.5. The van der Waals surface area contributed by atoms with Crippen LogP contribution >= 0.6 is 0 Å². The normalized spacial score (nSPS) is 15.0. The number of fused-ring (bicyclic) bond motifs is 1. The zero-order valence-electron chi connectivity index (χ0n) is 12.2. The van der Waals surface area contributed by atoms with E-state index < -0.39 is 0 Å². The summed E-state index contributed by atoms with van der Waals surface area (Å²) in [4.78, 5) is 11.7. The minimum Gasteiger partial charge on any atom is -0.356 e. The van der Waals surface area contributed by atoms with E-state index in [2.05, 4.69) is 53.3 Å². The van der Waals surface area contributed by atoms with Crippen LogP contribution in [-0.2, 0) is 0 Å². The molecule has 3 aromatic rings. The van der Waals surface area contributed by atoms with Crippen LogP contribution in [-0.4, -0.2) is 27.5 Å². The van der Waals surface area contributed by atoms with Crippen LogP contribution in [0.5, 0.6) is 0 Å². The van der Waals surface area contributed by atoms with Crippen molar-refractivity contribution in [3.05, 3.63) is 48.3 Å². The summed E-state index contributed by atoms with van der Waals surface area (Å²) >= 11 is 0. The van der Waals surface area contributed by atoms with Gasteiger partial charge in [0.05, 0.1) is 5.69 Å². The van der Waals surface area contributed by atoms with Gasteiger partial charge in [-0.15, -0.1) is 0 Å². The highest BCUT2D eigenvalue weighted by Crippen LogP contribution is 2.22. The topological polar surface area (TPSA) is 33.4 Å². The highest BCUT2D eigenvalue weighted by Gasteiger charge is 2.14. The van der Waals surface area contributed by atoms with Crippen LogP contribution in [0, 0.1) is 6.92 Å². The molecule has 1 aliphatic rings. The van der Waals surface area contributed by atoms with E-state index in [9.17, 15) is 0 Å². The number of rotatable bonds is 2. The Hall–Kier alpha value is -2.36. The molecule has 3 heterocycles. The number of nitrogens with zero attached hydrogens (tertiary/aromatic N) is 4. The molecule has 4 rings (SSSR count). The molecule has 1 aromatic carbocycles. The Labute approximate surface area is 124 Å². The SMILES string of the molecule is Cc1cccc(-c2cn3ccc(N4CCCC4)nc3n2)c1. The molecule has 0 bridgehead atoms. The first-order valence-electron chi connectivity index (χ1n) is 7.47. The summed E-state index contributed by atoms with van der Waals surface area (Å²) in [5, 5.41) is 0. The number of aromatic nitrogens is 3. The van der Waals surface area contributed by atoms with Gasteiger partial charge in [-0.05, 0) is 31.9 Å². The van der Waals surface area contributed by atoms with Crippen LogP contribution < -0.4 is 4.90 Å². The van der Waals surface area contributed by atoms with Crippen molar-refractivity contribution in [1.29, 1.82) is 0 Å². The van der Waals surface area contributed by atoms with Crippen molar-refractivity contribution in [2.24, 2.45) is 0 Å². The van der Waals surface area contributed by atoms with Gasteiger partial charge in [0.2, 0.25) is 5.78 Å². The molecule has 106 valence electrons. The van der Waals surface area contributed by atoms with Gasteiger partial charge in [-0.1, -0.05) is 23.8 Å². The second kappa shape index (κ2) is 4.88. The van der Waals surface area contributed by atoms with E-state index in [0.29, 0.717) is 0 Å². The molecule has 21 heavy (non-hydrogen) atoms. The number of hydrogen-bond acceptors (Lipinski definition) is 3. The van der Waals surface area contributed by atoms with E-state index >= 15 is 0 Å². The van der Waals surface area contributed by atoms with E-state index in [1.807, 2.05) is 10.6 Å². The monoisotopic (exact) mass is 278 g/mol. The van der Waals surface area contributed by atoms with Gasteiger partial charge in [0.15, 0.2) is 0 Å². The maximum absolute atomic E-state index is 4.70. The average molecular weight is 278 g/mol. The Bertz CT molecular complexity index is 784. The van der Waals surface area contributed by atoms with Gasteiger partial charge in [-0.2, -0.15) is 4.98 Å². The van der Waals surface area contributed by atoms with Crippen LogP contribution in [0.3, 0.4) is 0 Å². The van der Waals surface area contributed by atoms with Gasteiger partial charge in [0.25, 0.3) is 0 Å². The zero-order valence-corrected chi connectivity index (χ0v) is 12.2. The van der Waals surface area contributed by atoms with Crippen molar-refractivity contribution in [2.75, 3.05) is 18.0 Å². The fraction of sp³-hybridized carbons (Fsp3) is 0.294. The molecule has 0 aliphatic carbocycles. The summed E-state index contributed by atoms with van der Waals surface area (Å²) in [6.07, 6.45) is 6.62. The van der Waals surface area contributed by atoms with E-state index in [0.717, 1.165) is 35.9 Å². The molecule has 2 aromatic heterocycles. The first-order valence-corrected chi connectivity index (χ1v) is 7.47. The van der Waals surface area contributed by atoms with Gasteiger partial charge in [0.1, 0.15) is 5.82 Å². The predicted molar refractivity (Wildman–Crippen MR) is 84.6 cm³/mol. The summed E-state index contributed by atoms with van der Waals surface area (Å²) in [6.45, 7) is 4.31. The third kappa shape index (κ3) is 2.27. The lowest BCUT2D eigenvalue weighted by Gasteiger charge is -2.15. The van der Waals surface area contributed by atoms with Crippen molar-refractivity contribution < 1.29 is 0 Å². The predicted octanol–water partition coefficient (Wildman–Crippen LogP) is 3.30. The molecule has 1 saturated heterocycles. The van der Waals surface area contributed by atoms with E-state index in [-0.39, 0.29) is 0 Å². The highest BCUT2D eigenvalue weighted by atomic mass is 15.2. The molecule has 0 saturated carbocycles. The van der Waals surface area contributed by atoms with Crippen LogP contribution in [0.25, 0.3) is 17.0 Å². The summed E-state index contributed by atoms with van der Waals surface area (Å²) in [5.74, 6) is 1.82. The maximum Gasteiger partial charge on any atom is 0.236 e. The third-order valence-electron chi connectivity index (χ3n) is 4.06. The molecule has 1 aliphatic heterocycles. The zero-order chi connectivity index (χ0) is 14.2. The van der Waals surface area contributed by atoms with Gasteiger partial charge < -0.3 is 4.90 Å². The van der Waals surface area contributed by atoms with Crippen molar-refractivity contribution in [3.8, 4) is 11.3 Å². The minimum absolute atomic E-state index is 0.774. The van der Waals surface area contributed by atoms with Crippen molar-refractivity contribution in [2.45, 2.75) is 19.8 Å². The Kier molecular flexibility index (Phi) is 2.88. The fourth-order valence-corrected chi connectivity index (χ4v) is 2.93. The number of anilines is 1. The van der Waals surface area contributed by atoms with Crippen LogP contribution in [0.4, 0.5) is 5.82 Å². The Morgan fingerprint density at radius 2 is 1.90 bits per heavy atom. The Morgan fingerprint density at radius 3 is 2.71 bits per heavy atom. The maximum atomic E-state index is 4.70. The number of aryl methyl sites for hydroxylation is 1. The van der Waals surface area contributed by atoms with E-state index in [4.69, 9.17) is 4.98 Å². The molecule has 0 atom stereocenters. The van der Waals surface area contributed by atoms with E-state index in [1.165, 1.54) is 18.4 Å². The van der Waals surface area contributed by atoms with Gasteiger partial charge >= 0.3 is 0 Å². The van der Waals surface area contributed by atoms with Gasteiger partial charge in [0, 0.05) is 31.0 Å². The van der Waals surface area contributed by atoms with Crippen molar-refractivity contribution in [1.82, 2.24) is 14.4 Å². The third-order valence-corrected chi connectivity index (χ3v) is 4.06. The summed E-state index contributed by atoms with van der Waals surface area (Å²) in [5.41, 5.74) is 3.36. The van der Waals surface area contributed by atoms with Gasteiger partial charge in [-0.3, -0.25) is 4.40 Å². The molecular formula is C17H18N4. The first-order chi connectivity index (χ1) is 10.3. The van der Waals surface area contributed by atoms with Crippen LogP contribution in [0.1, 0.15) is 18.4 Å². The molecule has 0 amide bonds. The average Bonchev–Trinajstić information content (AvgIpc) is 3.16. The van der Waals surface area contributed by atoms with E-state index in [1.54, 1.807) is 0 Å². The van der Waals surface area contributed by atoms with Crippen molar-refractivity contribution >= 4 is 11.6 Å². The molecule has 0 radical (unpaired) electrons. The Morgan fingerprint density at radius 1 is 1.05 bits per heavy atom. The molecule has 4 heteroatoms. The fourth-order valence-electron chi connectivity index (χ4n) is 2.93. The molecule has 4 nitrogen and oxygen atoms in total. The van der Waals surface area contributed by atoms with Gasteiger partial charge in [-0.25, -0.2) is 4.98 Å². The number of benzene rings is 1. The smallest absolute Gasteiger partial charge is 0.236 e. The Balaban J connectivity index is 1.75. The van der Waals surface area contributed by atoms with Crippen LogP contribution in [0.15, 0.2) is 42.7 Å². The first kappa shape index (κ1) is 12.4. The molecule has 0 spiro atoms. The highest BCUT2D eigenvalue weighted by molar-refractivity contribution is 5.62. The molecule has 0 N–H and O–H groups in total. The second-order valence-corrected chi connectivity index (χ2v) is 5.68. The molecule has 1 fully saturated rings. The lowest BCUT2D eigenvalue weighted by Crippen LogP contribution is -2.19. The number of imidazole rings is 1. The summed E-state index contributed by atoms with van der Waals surface area (Å²) in [7, 11) is 0. The largest absolute Gasteiger partial charge is 0.356 e.